The summed E-state index contributed by atoms with van der Waals surface area (Å²) >= 11 is 0. The van der Waals surface area contributed by atoms with Crippen molar-refractivity contribution in [2.75, 3.05) is 0 Å². The molecule has 1 aliphatic carbocycles. The van der Waals surface area contributed by atoms with E-state index in [1.54, 1.807) is 13.0 Å². The smallest absolute Gasteiger partial charge is 0.339 e. The number of hydrogen-bond acceptors (Lipinski definition) is 7. The maximum atomic E-state index is 14.1. The average Bonchev–Trinajstić information content (AvgIpc) is 3.28. The van der Waals surface area contributed by atoms with E-state index in [4.69, 9.17) is 4.52 Å². The highest BCUT2D eigenvalue weighted by Crippen LogP contribution is 2.33. The van der Waals surface area contributed by atoms with Gasteiger partial charge in [0.1, 0.15) is 11.4 Å². The molecule has 2 aromatic heterocycles. The molecular formula is C24H18F5N3O5S. The molecule has 1 aliphatic rings. The van der Waals surface area contributed by atoms with Crippen molar-refractivity contribution in [1.82, 2.24) is 14.9 Å². The normalized spacial score (nSPS) is 14.2. The second-order valence-corrected chi connectivity index (χ2v) is 10.5. The zero-order chi connectivity index (χ0) is 27.4. The van der Waals surface area contributed by atoms with Crippen LogP contribution in [-0.4, -0.2) is 23.4 Å². The second-order valence-electron chi connectivity index (χ2n) is 8.99. The van der Waals surface area contributed by atoms with Crippen molar-refractivity contribution in [3.8, 4) is 5.75 Å². The van der Waals surface area contributed by atoms with Gasteiger partial charge in [-0.25, -0.2) is 17.9 Å². The number of nitrogens with zero attached hydrogens (tertiary/aromatic N) is 3. The lowest BCUT2D eigenvalue weighted by Gasteiger charge is -2.25. The minimum atomic E-state index is -5.14. The minimum Gasteiger partial charge on any atom is -0.372 e. The van der Waals surface area contributed by atoms with Gasteiger partial charge in [0.2, 0.25) is 34.8 Å². The lowest BCUT2D eigenvalue weighted by molar-refractivity contribution is 0.310. The Labute approximate surface area is 211 Å². The number of hydrogen-bond donors (Lipinski definition) is 0. The minimum absolute atomic E-state index is 0.104. The van der Waals surface area contributed by atoms with Gasteiger partial charge in [0.25, 0.3) is 5.56 Å². The molecule has 0 saturated heterocycles. The van der Waals surface area contributed by atoms with Crippen molar-refractivity contribution < 1.29 is 39.1 Å². The Morgan fingerprint density at radius 2 is 1.66 bits per heavy atom. The van der Waals surface area contributed by atoms with Crippen LogP contribution in [0.3, 0.4) is 0 Å². The third kappa shape index (κ3) is 4.52. The van der Waals surface area contributed by atoms with Crippen LogP contribution in [0.15, 0.2) is 38.5 Å². The SMILES string of the molecule is Cc1cc(Cn2nc(CC3CCC3)c3ccc(S(=O)(=O)Oc4c(F)c(F)c(F)c(F)c4F)cc3c2=O)on1. The maximum Gasteiger partial charge on any atom is 0.339 e. The summed E-state index contributed by atoms with van der Waals surface area (Å²) in [6.07, 6.45) is 3.49. The van der Waals surface area contributed by atoms with E-state index in [2.05, 4.69) is 14.4 Å². The Hall–Kier alpha value is -3.81. The Bertz CT molecular complexity index is 1720. The summed E-state index contributed by atoms with van der Waals surface area (Å²) in [5.41, 5.74) is 0.382. The Kier molecular flexibility index (Phi) is 6.45. The molecule has 200 valence electrons. The molecule has 8 nitrogen and oxygen atoms in total. The first-order valence-electron chi connectivity index (χ1n) is 11.4. The molecule has 0 radical (unpaired) electrons. The highest BCUT2D eigenvalue weighted by Gasteiger charge is 2.31. The molecule has 2 aromatic carbocycles. The summed E-state index contributed by atoms with van der Waals surface area (Å²) in [7, 11) is -5.14. The molecule has 0 N–H and O–H groups in total. The van der Waals surface area contributed by atoms with Crippen LogP contribution in [0.2, 0.25) is 0 Å². The summed E-state index contributed by atoms with van der Waals surface area (Å²) < 4.78 is 105. The molecular weight excluding hydrogens is 537 g/mol. The molecule has 2 heterocycles. The fraction of sp³-hybridized carbons (Fsp3) is 0.292. The van der Waals surface area contributed by atoms with Gasteiger partial charge in [0.15, 0.2) is 5.76 Å². The van der Waals surface area contributed by atoms with E-state index in [1.807, 2.05) is 0 Å². The first-order chi connectivity index (χ1) is 18.0. The number of aromatic nitrogens is 3. The number of halogens is 5. The van der Waals surface area contributed by atoms with Gasteiger partial charge in [0.05, 0.1) is 16.8 Å². The van der Waals surface area contributed by atoms with E-state index in [9.17, 15) is 35.2 Å². The molecule has 1 saturated carbocycles. The standard InChI is InChI=1S/C24H18F5N3O5S/c1-11-7-13(36-31-11)10-32-24(33)16-9-14(5-6-15(16)17(30-32)8-12-3-2-4-12)38(34,35)37-23-21(28)19(26)18(25)20(27)22(23)29/h5-7,9,12H,2-4,8,10H2,1H3. The van der Waals surface area contributed by atoms with Gasteiger partial charge >= 0.3 is 10.1 Å². The van der Waals surface area contributed by atoms with Gasteiger partial charge in [-0.1, -0.05) is 30.5 Å². The Morgan fingerprint density at radius 3 is 2.24 bits per heavy atom. The predicted molar refractivity (Wildman–Crippen MR) is 121 cm³/mol. The molecule has 0 bridgehead atoms. The van der Waals surface area contributed by atoms with Crippen LogP contribution >= 0.6 is 0 Å². The maximum absolute atomic E-state index is 14.1. The van der Waals surface area contributed by atoms with Gasteiger partial charge in [-0.2, -0.15) is 22.3 Å². The summed E-state index contributed by atoms with van der Waals surface area (Å²) in [6, 6.07) is 4.80. The molecule has 38 heavy (non-hydrogen) atoms. The largest absolute Gasteiger partial charge is 0.372 e. The fourth-order valence-corrected chi connectivity index (χ4v) is 5.13. The molecule has 1 fully saturated rings. The first kappa shape index (κ1) is 25.8. The zero-order valence-corrected chi connectivity index (χ0v) is 20.4. The lowest BCUT2D eigenvalue weighted by Crippen LogP contribution is -2.27. The monoisotopic (exact) mass is 555 g/mol. The summed E-state index contributed by atoms with van der Waals surface area (Å²) in [5.74, 6) is -13.5. The topological polar surface area (TPSA) is 104 Å². The summed E-state index contributed by atoms with van der Waals surface area (Å²) in [6.45, 7) is 1.58. The summed E-state index contributed by atoms with van der Waals surface area (Å²) in [4.78, 5) is 12.5. The average molecular weight is 555 g/mol. The van der Waals surface area contributed by atoms with Crippen LogP contribution in [-0.2, 0) is 23.1 Å². The van der Waals surface area contributed by atoms with Crippen LogP contribution < -0.4 is 9.74 Å². The molecule has 0 atom stereocenters. The van der Waals surface area contributed by atoms with Crippen molar-refractivity contribution in [3.05, 3.63) is 80.9 Å². The quantitative estimate of drug-likeness (QED) is 0.143. The molecule has 4 aromatic rings. The van der Waals surface area contributed by atoms with E-state index in [0.717, 1.165) is 36.1 Å². The first-order valence-corrected chi connectivity index (χ1v) is 12.8. The molecule has 5 rings (SSSR count). The van der Waals surface area contributed by atoms with E-state index < -0.39 is 55.4 Å². The van der Waals surface area contributed by atoms with Crippen LogP contribution in [0.5, 0.6) is 5.75 Å². The van der Waals surface area contributed by atoms with Crippen molar-refractivity contribution in [2.45, 2.75) is 44.0 Å². The van der Waals surface area contributed by atoms with Gasteiger partial charge in [0, 0.05) is 11.5 Å². The van der Waals surface area contributed by atoms with E-state index in [-0.39, 0.29) is 11.9 Å². The summed E-state index contributed by atoms with van der Waals surface area (Å²) in [5, 5.41) is 8.46. The van der Waals surface area contributed by atoms with E-state index >= 15 is 0 Å². The zero-order valence-electron chi connectivity index (χ0n) is 19.6. The number of benzene rings is 2. The van der Waals surface area contributed by atoms with Crippen LogP contribution in [0.4, 0.5) is 22.0 Å². The van der Waals surface area contributed by atoms with Crippen molar-refractivity contribution in [1.29, 1.82) is 0 Å². The van der Waals surface area contributed by atoms with Crippen LogP contribution in [0, 0.1) is 41.9 Å². The number of fused-ring (bicyclic) bond motifs is 1. The van der Waals surface area contributed by atoms with Gasteiger partial charge in [-0.05, 0) is 31.4 Å². The fourth-order valence-electron chi connectivity index (χ4n) is 4.17. The second kappa shape index (κ2) is 9.49. The predicted octanol–water partition coefficient (Wildman–Crippen LogP) is 4.55. The Morgan fingerprint density at radius 1 is 1.00 bits per heavy atom. The van der Waals surface area contributed by atoms with Crippen LogP contribution in [0.1, 0.15) is 36.4 Å². The lowest BCUT2D eigenvalue weighted by atomic mass is 9.81. The highest BCUT2D eigenvalue weighted by molar-refractivity contribution is 7.87. The van der Waals surface area contributed by atoms with Crippen molar-refractivity contribution >= 4 is 20.9 Å². The molecule has 14 heteroatoms. The third-order valence-electron chi connectivity index (χ3n) is 6.35. The van der Waals surface area contributed by atoms with E-state index in [0.29, 0.717) is 34.9 Å². The molecule has 0 aliphatic heterocycles. The van der Waals surface area contributed by atoms with Crippen molar-refractivity contribution in [3.63, 3.8) is 0 Å². The van der Waals surface area contributed by atoms with Gasteiger partial charge < -0.3 is 8.71 Å². The van der Waals surface area contributed by atoms with Crippen LogP contribution in [0.25, 0.3) is 10.8 Å². The van der Waals surface area contributed by atoms with Gasteiger partial charge in [-0.3, -0.25) is 4.79 Å². The van der Waals surface area contributed by atoms with Crippen molar-refractivity contribution in [2.24, 2.45) is 5.92 Å². The molecule has 0 amide bonds. The Balaban J connectivity index is 1.61. The van der Waals surface area contributed by atoms with Gasteiger partial charge in [-0.15, -0.1) is 0 Å². The molecule has 0 unspecified atom stereocenters. The number of aryl methyl sites for hydroxylation is 1. The number of rotatable bonds is 7. The highest BCUT2D eigenvalue weighted by atomic mass is 32.2. The third-order valence-corrected chi connectivity index (χ3v) is 7.57. The van der Waals surface area contributed by atoms with E-state index in [1.165, 1.54) is 6.07 Å². The molecule has 0 spiro atoms.